The molecule has 5 heteroatoms. The minimum absolute atomic E-state index is 0.110. The van der Waals surface area contributed by atoms with Crippen molar-refractivity contribution >= 4 is 5.78 Å². The first-order chi connectivity index (χ1) is 13.0. The van der Waals surface area contributed by atoms with E-state index >= 15 is 0 Å². The van der Waals surface area contributed by atoms with Gasteiger partial charge >= 0.3 is 0 Å². The quantitative estimate of drug-likeness (QED) is 0.815. The fraction of sp³-hybridized carbons (Fsp3) is 0.409. The van der Waals surface area contributed by atoms with Gasteiger partial charge in [0.1, 0.15) is 5.75 Å². The summed E-state index contributed by atoms with van der Waals surface area (Å²) in [7, 11) is 0. The van der Waals surface area contributed by atoms with Crippen LogP contribution in [-0.2, 0) is 0 Å². The maximum atomic E-state index is 13.5. The summed E-state index contributed by atoms with van der Waals surface area (Å²) in [6, 6.07) is 12.0. The van der Waals surface area contributed by atoms with Crippen LogP contribution in [0.4, 0.5) is 4.39 Å². The molecular weight excluding hydrogens is 345 g/mol. The van der Waals surface area contributed by atoms with E-state index in [0.717, 1.165) is 37.7 Å². The molecule has 1 aliphatic carbocycles. The van der Waals surface area contributed by atoms with Gasteiger partial charge in [-0.1, -0.05) is 17.7 Å². The van der Waals surface area contributed by atoms with E-state index in [9.17, 15) is 14.3 Å². The zero-order valence-corrected chi connectivity index (χ0v) is 15.4. The van der Waals surface area contributed by atoms with Gasteiger partial charge < -0.3 is 9.84 Å². The smallest absolute Gasteiger partial charge is 0.176 e. The molecule has 1 N–H and O–H groups in total. The summed E-state index contributed by atoms with van der Waals surface area (Å²) >= 11 is 0. The highest BCUT2D eigenvalue weighted by Gasteiger charge is 2.42. The first kappa shape index (κ1) is 18.0. The average molecular weight is 369 g/mol. The van der Waals surface area contributed by atoms with Crippen molar-refractivity contribution in [1.29, 1.82) is 0 Å². The maximum Gasteiger partial charge on any atom is 0.176 e. The van der Waals surface area contributed by atoms with Crippen LogP contribution in [0.3, 0.4) is 0 Å². The lowest BCUT2D eigenvalue weighted by molar-refractivity contribution is 0.0936. The van der Waals surface area contributed by atoms with E-state index in [1.54, 1.807) is 0 Å². The van der Waals surface area contributed by atoms with Gasteiger partial charge in [0.25, 0.3) is 0 Å². The molecule has 142 valence electrons. The molecule has 0 unspecified atom stereocenters. The number of nitrogens with zero attached hydrogens (tertiary/aromatic N) is 1. The monoisotopic (exact) mass is 369 g/mol. The number of fused-ring (bicyclic) bond motifs is 1. The van der Waals surface area contributed by atoms with Gasteiger partial charge in [0.05, 0.1) is 12.6 Å². The normalized spacial score (nSPS) is 24.7. The van der Waals surface area contributed by atoms with Crippen molar-refractivity contribution in [3.63, 3.8) is 0 Å². The molecule has 0 radical (unpaired) electrons. The Morgan fingerprint density at radius 1 is 1.15 bits per heavy atom. The number of carbonyl (C=O) groups excluding carboxylic acids is 1. The molecule has 2 aliphatic rings. The number of hydrogen-bond donors (Lipinski definition) is 1. The first-order valence-corrected chi connectivity index (χ1v) is 9.45. The SMILES string of the molecule is Cc1ccc(O[C@H]2C[C@@H]3CN(CC(=O)c4ccc(O)c(F)c4)C[C@@H]3C2)cc1. The summed E-state index contributed by atoms with van der Waals surface area (Å²) in [5, 5.41) is 9.25. The molecule has 1 aliphatic heterocycles. The topological polar surface area (TPSA) is 49.8 Å². The molecule has 27 heavy (non-hydrogen) atoms. The minimum atomic E-state index is -0.754. The fourth-order valence-electron chi connectivity index (χ4n) is 4.35. The fourth-order valence-corrected chi connectivity index (χ4v) is 4.35. The molecule has 0 bridgehead atoms. The molecule has 0 aromatic heterocycles. The van der Waals surface area contributed by atoms with Crippen molar-refractivity contribution in [3.8, 4) is 11.5 Å². The second-order valence-electron chi connectivity index (χ2n) is 7.83. The second kappa shape index (κ2) is 7.31. The van der Waals surface area contributed by atoms with E-state index in [2.05, 4.69) is 24.0 Å². The predicted octanol–water partition coefficient (Wildman–Crippen LogP) is 3.81. The van der Waals surface area contributed by atoms with Crippen molar-refractivity contribution in [2.75, 3.05) is 19.6 Å². The Morgan fingerprint density at radius 2 is 1.81 bits per heavy atom. The van der Waals surface area contributed by atoms with Crippen LogP contribution in [-0.4, -0.2) is 41.5 Å². The van der Waals surface area contributed by atoms with Crippen molar-refractivity contribution in [2.45, 2.75) is 25.9 Å². The Labute approximate surface area is 158 Å². The van der Waals surface area contributed by atoms with E-state index in [-0.39, 0.29) is 11.9 Å². The molecule has 1 saturated heterocycles. The van der Waals surface area contributed by atoms with Crippen LogP contribution in [0, 0.1) is 24.6 Å². The van der Waals surface area contributed by atoms with E-state index in [4.69, 9.17) is 4.74 Å². The standard InChI is InChI=1S/C22H24FNO3/c1-14-2-5-18(6-3-14)27-19-8-16-11-24(12-17(16)9-19)13-22(26)15-4-7-21(25)20(23)10-15/h2-7,10,16-17,19,25H,8-9,11-13H2,1H3/t16-,17+,19+. The Kier molecular flexibility index (Phi) is 4.87. The van der Waals surface area contributed by atoms with Crippen LogP contribution in [0.15, 0.2) is 42.5 Å². The summed E-state index contributed by atoms with van der Waals surface area (Å²) in [5.74, 6) is 0.722. The molecule has 0 spiro atoms. The number of likely N-dealkylation sites (tertiary alicyclic amines) is 1. The van der Waals surface area contributed by atoms with Crippen molar-refractivity contribution in [1.82, 2.24) is 4.90 Å². The average Bonchev–Trinajstić information content (AvgIpc) is 3.17. The van der Waals surface area contributed by atoms with E-state index < -0.39 is 11.6 Å². The number of ether oxygens (including phenoxy) is 1. The highest BCUT2D eigenvalue weighted by atomic mass is 19.1. The molecule has 4 nitrogen and oxygen atoms in total. The number of phenolic OH excluding ortho intramolecular Hbond substituents is 1. The largest absolute Gasteiger partial charge is 0.505 e. The van der Waals surface area contributed by atoms with Gasteiger partial charge in [-0.15, -0.1) is 0 Å². The molecule has 4 rings (SSSR count). The molecule has 2 aromatic carbocycles. The molecule has 1 heterocycles. The van der Waals surface area contributed by atoms with Crippen molar-refractivity contribution < 1.29 is 19.0 Å². The van der Waals surface area contributed by atoms with Gasteiger partial charge in [-0.25, -0.2) is 4.39 Å². The minimum Gasteiger partial charge on any atom is -0.505 e. The van der Waals surface area contributed by atoms with Gasteiger partial charge in [-0.3, -0.25) is 9.69 Å². The van der Waals surface area contributed by atoms with Gasteiger partial charge in [0, 0.05) is 18.7 Å². The van der Waals surface area contributed by atoms with E-state index in [0.29, 0.717) is 23.9 Å². The Morgan fingerprint density at radius 3 is 2.44 bits per heavy atom. The number of aromatic hydroxyl groups is 1. The second-order valence-corrected chi connectivity index (χ2v) is 7.83. The Bertz CT molecular complexity index is 822. The van der Waals surface area contributed by atoms with Crippen LogP contribution in [0.1, 0.15) is 28.8 Å². The summed E-state index contributed by atoms with van der Waals surface area (Å²) in [4.78, 5) is 14.6. The zero-order chi connectivity index (χ0) is 19.0. The van der Waals surface area contributed by atoms with Gasteiger partial charge in [-0.2, -0.15) is 0 Å². The molecule has 1 saturated carbocycles. The lowest BCUT2D eigenvalue weighted by Gasteiger charge is -2.19. The third-order valence-corrected chi connectivity index (χ3v) is 5.74. The summed E-state index contributed by atoms with van der Waals surface area (Å²) in [6.07, 6.45) is 2.26. The Balaban J connectivity index is 1.30. The Hall–Kier alpha value is -2.40. The van der Waals surface area contributed by atoms with Gasteiger partial charge in [0.2, 0.25) is 0 Å². The van der Waals surface area contributed by atoms with Crippen molar-refractivity contribution in [2.24, 2.45) is 11.8 Å². The third kappa shape index (κ3) is 3.98. The molecule has 2 fully saturated rings. The number of phenols is 1. The number of Topliss-reactive ketones (excluding diaryl/α,β-unsaturated/α-hetero) is 1. The van der Waals surface area contributed by atoms with Crippen molar-refractivity contribution in [3.05, 3.63) is 59.4 Å². The summed E-state index contributed by atoms with van der Waals surface area (Å²) < 4.78 is 19.6. The number of ketones is 1. The van der Waals surface area contributed by atoms with E-state index in [1.165, 1.54) is 17.7 Å². The highest BCUT2D eigenvalue weighted by molar-refractivity contribution is 5.97. The van der Waals surface area contributed by atoms with Crippen LogP contribution >= 0.6 is 0 Å². The molecule has 3 atom stereocenters. The van der Waals surface area contributed by atoms with Crippen LogP contribution in [0.5, 0.6) is 11.5 Å². The number of halogens is 1. The van der Waals surface area contributed by atoms with Crippen LogP contribution < -0.4 is 4.74 Å². The zero-order valence-electron chi connectivity index (χ0n) is 15.4. The maximum absolute atomic E-state index is 13.5. The van der Waals surface area contributed by atoms with Gasteiger partial charge in [0.15, 0.2) is 17.3 Å². The number of carbonyl (C=O) groups is 1. The lowest BCUT2D eigenvalue weighted by atomic mass is 10.0. The third-order valence-electron chi connectivity index (χ3n) is 5.74. The number of hydrogen-bond acceptors (Lipinski definition) is 4. The van der Waals surface area contributed by atoms with Crippen LogP contribution in [0.2, 0.25) is 0 Å². The van der Waals surface area contributed by atoms with Gasteiger partial charge in [-0.05, 0) is 61.9 Å². The number of benzene rings is 2. The van der Waals surface area contributed by atoms with Crippen LogP contribution in [0.25, 0.3) is 0 Å². The predicted molar refractivity (Wildman–Crippen MR) is 101 cm³/mol. The number of aryl methyl sites for hydroxylation is 1. The van der Waals surface area contributed by atoms with E-state index in [1.807, 2.05) is 12.1 Å². The first-order valence-electron chi connectivity index (χ1n) is 9.45. The molecule has 2 aromatic rings. The lowest BCUT2D eigenvalue weighted by Crippen LogP contribution is -2.30. The molecule has 0 amide bonds. The number of rotatable bonds is 5. The summed E-state index contributed by atoms with van der Waals surface area (Å²) in [5.41, 5.74) is 1.53. The summed E-state index contributed by atoms with van der Waals surface area (Å²) in [6.45, 7) is 4.11. The molecular formula is C22H24FNO3. The highest BCUT2D eigenvalue weighted by Crippen LogP contribution is 2.39.